The van der Waals surface area contributed by atoms with E-state index in [2.05, 4.69) is 154 Å². The topological polar surface area (TPSA) is 332 Å². The average Bonchev–Trinajstić information content (AvgIpc) is 1.55. The van der Waals surface area contributed by atoms with Crippen LogP contribution in [0, 0.1) is 71.0 Å². The molecule has 0 aromatic carbocycles. The lowest BCUT2D eigenvalue weighted by molar-refractivity contribution is -0.712. The van der Waals surface area contributed by atoms with Crippen molar-refractivity contribution < 1.29 is 73.8 Å². The third-order valence-corrected chi connectivity index (χ3v) is 59.3. The van der Waals surface area contributed by atoms with Crippen LogP contribution in [-0.2, 0) is 39.9 Å². The van der Waals surface area contributed by atoms with Gasteiger partial charge in [-0.25, -0.2) is 25.4 Å². The van der Waals surface area contributed by atoms with Crippen LogP contribution in [-0.4, -0.2) is 265 Å². The molecule has 21 aliphatic rings. The van der Waals surface area contributed by atoms with E-state index in [1.165, 1.54) is 51.4 Å². The molecule has 0 spiro atoms. The van der Waals surface area contributed by atoms with Gasteiger partial charge in [-0.05, 0) is 259 Å². The predicted molar refractivity (Wildman–Crippen MR) is 492 cm³/mol. The molecule has 4 saturated carbocycles. The zero-order valence-corrected chi connectivity index (χ0v) is 81.6. The van der Waals surface area contributed by atoms with Gasteiger partial charge in [-0.1, -0.05) is 39.5 Å². The van der Waals surface area contributed by atoms with Crippen molar-refractivity contribution >= 4 is 134 Å². The van der Waals surface area contributed by atoms with Gasteiger partial charge in [0.1, 0.15) is 42.3 Å². The number of hydrogen-bond acceptors (Lipinski definition) is 20. The third kappa shape index (κ3) is 17.2. The largest absolute Gasteiger partial charge is 0.758 e. The van der Waals surface area contributed by atoms with Crippen LogP contribution >= 0.6 is 94.1 Å². The van der Waals surface area contributed by atoms with E-state index in [1.807, 2.05) is 4.31 Å². The summed E-state index contributed by atoms with van der Waals surface area (Å²) in [4.78, 5) is 0. The van der Waals surface area contributed by atoms with E-state index in [-0.39, 0.29) is 83.4 Å². The lowest BCUT2D eigenvalue weighted by atomic mass is 9.78. The Morgan fingerprint density at radius 3 is 1.02 bits per heavy atom. The number of rotatable bonds is 14. The van der Waals surface area contributed by atoms with Gasteiger partial charge in [0.25, 0.3) is 0 Å². The molecule has 17 saturated heterocycles. The smallest absolute Gasteiger partial charge is 0.103 e. The second-order valence-corrected chi connectivity index (χ2v) is 64.6. The highest BCUT2D eigenvalue weighted by atomic mass is 32.3. The molecule has 684 valence electrons. The number of quaternary nitrogens is 4. The summed E-state index contributed by atoms with van der Waals surface area (Å²) >= 11 is 18.6. The Morgan fingerprint density at radius 1 is 0.350 bits per heavy atom. The molecule has 44 unspecified atom stereocenters. The minimum absolute atomic E-state index is 0.0510. The van der Waals surface area contributed by atoms with Crippen molar-refractivity contribution in [1.29, 1.82) is 0 Å². The Hall–Kier alpha value is 2.44. The molecule has 4 aliphatic carbocycles. The van der Waals surface area contributed by atoms with Gasteiger partial charge in [-0.3, -0.25) is 8.42 Å². The van der Waals surface area contributed by atoms with Gasteiger partial charge in [0.2, 0.25) is 0 Å². The summed E-state index contributed by atoms with van der Waals surface area (Å²) in [5.41, 5.74) is 0. The number of sulfonamides is 2. The molecule has 20 nitrogen and oxygen atoms in total. The molecular weight excluding hydrogens is 1750 g/mol. The Bertz CT molecular complexity index is 4090. The molecule has 12 N–H and O–H groups in total. The second-order valence-electron chi connectivity index (χ2n) is 44.4. The predicted octanol–water partition coefficient (Wildman–Crippen LogP) is 9.25. The summed E-state index contributed by atoms with van der Waals surface area (Å²) in [5, 5.41) is 27.4. The molecule has 0 aromatic heterocycles. The maximum Gasteiger partial charge on any atom is 0.103 e. The summed E-state index contributed by atoms with van der Waals surface area (Å²) in [6.07, 6.45) is 34.2. The van der Waals surface area contributed by atoms with Crippen LogP contribution in [0.25, 0.3) is 0 Å². The summed E-state index contributed by atoms with van der Waals surface area (Å²) < 4.78 is 165. The SMILES string of the molecule is CC1CCC(C2CCC(C3CCC4C5CCC([NH2+]5)C5CCC(N5)C5CCC([NH2+]5)C5CCC(C6CCC(C)[NH2+]6)N5S(=O)([O-])(O)CCCCC5C6CC(C)SC6C6SC(CC56)C5CC6C(CCCCS(=O)(=O)[O-])C7CC(SC7C6S5)C5CC6C(CCCCS(=O)([O-])(O)N34)C3CC(C4CC7C(CCCCS(=O)(=O)[O-])C8CC(C)SC8C7S4)SC3C6S5)[NH2+]2)N1. The Balaban J connectivity index is 0.568. The van der Waals surface area contributed by atoms with E-state index in [0.717, 1.165) is 154 Å². The van der Waals surface area contributed by atoms with Crippen molar-refractivity contribution in [3.63, 3.8) is 0 Å². The van der Waals surface area contributed by atoms with Crippen molar-refractivity contribution in [2.45, 2.75) is 440 Å². The average molecular weight is 1900 g/mol. The molecule has 17 aliphatic heterocycles. The van der Waals surface area contributed by atoms with Crippen LogP contribution in [0.5, 0.6) is 0 Å². The minimum atomic E-state index is -5.62. The first-order valence-electron chi connectivity index (χ1n) is 49.2. The Morgan fingerprint density at radius 2 is 0.658 bits per heavy atom. The van der Waals surface area contributed by atoms with E-state index in [4.69, 9.17) is 0 Å². The molecule has 14 bridgehead atoms. The number of thioether (sulfide) groups is 8. The Kier molecular flexibility index (Phi) is 25.5. The van der Waals surface area contributed by atoms with Gasteiger partial charge in [0, 0.05) is 164 Å². The number of nitrogens with two attached hydrogens (primary N) is 4. The second kappa shape index (κ2) is 34.4. The highest BCUT2D eigenvalue weighted by Gasteiger charge is 2.68. The molecular formula is C88H148N8O12S12. The summed E-state index contributed by atoms with van der Waals surface area (Å²) in [6, 6.07) is 2.29. The first-order chi connectivity index (χ1) is 57.3. The zero-order valence-electron chi connectivity index (χ0n) is 71.8. The van der Waals surface area contributed by atoms with Crippen molar-refractivity contribution in [2.75, 3.05) is 23.0 Å². The van der Waals surface area contributed by atoms with Gasteiger partial charge in [0.05, 0.1) is 68.6 Å². The van der Waals surface area contributed by atoms with Crippen LogP contribution in [0.4, 0.5) is 0 Å². The van der Waals surface area contributed by atoms with E-state index >= 15 is 17.5 Å². The summed E-state index contributed by atoms with van der Waals surface area (Å²) in [6.45, 7) is 9.41. The van der Waals surface area contributed by atoms with Crippen LogP contribution in [0.3, 0.4) is 0 Å². The van der Waals surface area contributed by atoms with E-state index < -0.39 is 39.9 Å². The van der Waals surface area contributed by atoms with Gasteiger partial charge >= 0.3 is 0 Å². The van der Waals surface area contributed by atoms with Gasteiger partial charge in [-0.15, -0.1) is 0 Å². The molecule has 32 heteroatoms. The monoisotopic (exact) mass is 1890 g/mol. The molecule has 0 aromatic rings. The lowest BCUT2D eigenvalue weighted by Crippen LogP contribution is -2.98. The summed E-state index contributed by atoms with van der Waals surface area (Å²) in [5.74, 6) is 6.00. The van der Waals surface area contributed by atoms with E-state index in [9.17, 15) is 35.0 Å². The number of nitrogens with zero attached hydrogens (tertiary/aromatic N) is 2. The molecule has 21 rings (SSSR count). The molecule has 0 amide bonds. The van der Waals surface area contributed by atoms with Crippen molar-refractivity contribution in [3.05, 3.63) is 0 Å². The van der Waals surface area contributed by atoms with Crippen molar-refractivity contribution in [3.8, 4) is 0 Å². The van der Waals surface area contributed by atoms with Gasteiger partial charge in [0.15, 0.2) is 0 Å². The highest BCUT2D eigenvalue weighted by molar-refractivity contribution is 8.10. The molecule has 21 fully saturated rings. The fourth-order valence-electron chi connectivity index (χ4n) is 33.0. The van der Waals surface area contributed by atoms with Crippen molar-refractivity contribution in [2.24, 2.45) is 71.0 Å². The van der Waals surface area contributed by atoms with Crippen LogP contribution < -0.4 is 31.9 Å². The third-order valence-electron chi connectivity index (χ3n) is 37.6. The standard InChI is InChI=1S/C88H148N8O12S12/c1-45-17-19-61(89-45)62-23-26-68(92-62)73-31-32-74-70-28-25-66(94-70)64-22-21-63(91-64)65-24-27-69(93-65)72-30-29-71(67-20-18-46(2)90-67)95(72)119(103,104,105)35-11-7-15-50-54-38-48(4)110-82(54)84-56(50)40-76(112-84)77-41-57-51(14-6-10-34-118(100,101)102)58-42-79(115-86(58)85(57)113-77)80-44-60-52(16-8-12-36-120(106,107,108)96(73)74)59-43-78(114-87(59)88(60)116-80)75-39-55-49(13-5-9-33-117(97,98)99)53-37-47(3)109-81(53)83(55)111-75/h45-94H,5-44H2,1-4H3,(H,97,98,99)(H,100,101,102)(H2,103,104,105)(H2,106,107,108). The molecule has 120 heavy (non-hydrogen) atoms. The lowest BCUT2D eigenvalue weighted by Gasteiger charge is -2.55. The first kappa shape index (κ1) is 89.0. The maximum atomic E-state index is 16.2. The fraction of sp³-hybridized carbons (Fsp3) is 1.00. The molecule has 0 radical (unpaired) electrons. The highest BCUT2D eigenvalue weighted by Crippen LogP contribution is 2.73. The normalized spacial score (nSPS) is 55.0. The fourth-order valence-corrected chi connectivity index (χ4v) is 56.6. The van der Waals surface area contributed by atoms with Crippen LogP contribution in [0.2, 0.25) is 0 Å². The Labute approximate surface area is 753 Å². The van der Waals surface area contributed by atoms with E-state index in [1.54, 1.807) is 4.31 Å². The van der Waals surface area contributed by atoms with Gasteiger partial charge < -0.3 is 59.2 Å². The summed E-state index contributed by atoms with van der Waals surface area (Å²) in [7, 11) is -19.7. The minimum Gasteiger partial charge on any atom is -0.758 e. The van der Waals surface area contributed by atoms with Crippen LogP contribution in [0.15, 0.2) is 0 Å². The number of unbranched alkanes of at least 4 members (excludes halogenated alkanes) is 2. The number of hydrogen-bond donors (Lipinski definition) is 8. The molecule has 44 atom stereocenters. The number of nitrogens with one attached hydrogen (secondary N) is 2. The van der Waals surface area contributed by atoms with Gasteiger partial charge in [-0.2, -0.15) is 94.1 Å². The van der Waals surface area contributed by atoms with E-state index in [0.29, 0.717) is 217 Å². The first-order valence-corrected chi connectivity index (χ1v) is 63.8. The maximum absolute atomic E-state index is 16.2. The molecule has 17 heterocycles. The van der Waals surface area contributed by atoms with Crippen LogP contribution in [0.1, 0.15) is 259 Å². The number of fused-ring (bicyclic) bond motifs is 27. The van der Waals surface area contributed by atoms with Crippen molar-refractivity contribution in [1.82, 2.24) is 19.2 Å². The zero-order chi connectivity index (χ0) is 82.6. The quantitative estimate of drug-likeness (QED) is 0.0456.